The minimum atomic E-state index is -0.531. The van der Waals surface area contributed by atoms with Crippen LogP contribution in [0.5, 0.6) is 0 Å². The van der Waals surface area contributed by atoms with Crippen LogP contribution in [0.1, 0.15) is 106 Å². The first kappa shape index (κ1) is 23.3. The molecule has 0 aliphatic carbocycles. The summed E-state index contributed by atoms with van der Waals surface area (Å²) < 4.78 is 15.8. The summed E-state index contributed by atoms with van der Waals surface area (Å²) in [5, 5.41) is 0. The third kappa shape index (κ3) is 9.64. The van der Waals surface area contributed by atoms with E-state index in [9.17, 15) is 9.59 Å². The van der Waals surface area contributed by atoms with Gasteiger partial charge in [0, 0.05) is 0 Å². The fourth-order valence-corrected chi connectivity index (χ4v) is 2.84. The SMILES string of the molecule is CCCCCCCCOC(=O)c1ccc(C(=O)OCC(CC)CCCC)o1. The van der Waals surface area contributed by atoms with Gasteiger partial charge >= 0.3 is 11.9 Å². The van der Waals surface area contributed by atoms with Gasteiger partial charge in [0.25, 0.3) is 0 Å². The Hall–Kier alpha value is -1.78. The van der Waals surface area contributed by atoms with Crippen LogP contribution >= 0.6 is 0 Å². The molecule has 0 amide bonds. The van der Waals surface area contributed by atoms with Gasteiger partial charge in [-0.15, -0.1) is 0 Å². The van der Waals surface area contributed by atoms with Crippen molar-refractivity contribution < 1.29 is 23.5 Å². The van der Waals surface area contributed by atoms with Gasteiger partial charge in [-0.25, -0.2) is 9.59 Å². The Morgan fingerprint density at radius 1 is 0.852 bits per heavy atom. The Morgan fingerprint density at radius 2 is 1.44 bits per heavy atom. The van der Waals surface area contributed by atoms with E-state index in [1.165, 1.54) is 37.8 Å². The predicted octanol–water partition coefficient (Wildman–Crippen LogP) is 6.17. The van der Waals surface area contributed by atoms with E-state index >= 15 is 0 Å². The maximum atomic E-state index is 12.1. The Kier molecular flexibility index (Phi) is 12.3. The topological polar surface area (TPSA) is 65.7 Å². The van der Waals surface area contributed by atoms with Crippen LogP contribution in [0, 0.1) is 5.92 Å². The third-order valence-corrected chi connectivity index (χ3v) is 4.73. The second-order valence-electron chi connectivity index (χ2n) is 7.08. The van der Waals surface area contributed by atoms with E-state index in [0.29, 0.717) is 19.1 Å². The molecule has 0 aliphatic rings. The van der Waals surface area contributed by atoms with Crippen LogP contribution in [0.25, 0.3) is 0 Å². The lowest BCUT2D eigenvalue weighted by molar-refractivity contribution is 0.0378. The lowest BCUT2D eigenvalue weighted by atomic mass is 10.0. The largest absolute Gasteiger partial charge is 0.460 e. The molecule has 5 nitrogen and oxygen atoms in total. The summed E-state index contributed by atoms with van der Waals surface area (Å²) in [6, 6.07) is 2.94. The van der Waals surface area contributed by atoms with Gasteiger partial charge < -0.3 is 13.9 Å². The monoisotopic (exact) mass is 380 g/mol. The van der Waals surface area contributed by atoms with Gasteiger partial charge in [-0.05, 0) is 30.9 Å². The molecule has 1 aromatic rings. The molecule has 0 aromatic carbocycles. The quantitative estimate of drug-likeness (QED) is 0.269. The smallest absolute Gasteiger partial charge is 0.374 e. The van der Waals surface area contributed by atoms with Crippen molar-refractivity contribution in [1.29, 1.82) is 0 Å². The maximum Gasteiger partial charge on any atom is 0.374 e. The van der Waals surface area contributed by atoms with Crippen LogP contribution in [0.3, 0.4) is 0 Å². The van der Waals surface area contributed by atoms with Gasteiger partial charge in [-0.3, -0.25) is 0 Å². The first-order valence-corrected chi connectivity index (χ1v) is 10.6. The highest BCUT2D eigenvalue weighted by atomic mass is 16.6. The number of carbonyl (C=O) groups excluding carboxylic acids is 2. The van der Waals surface area contributed by atoms with Crippen LogP contribution in [-0.4, -0.2) is 25.2 Å². The summed E-state index contributed by atoms with van der Waals surface area (Å²) >= 11 is 0. The maximum absolute atomic E-state index is 12.1. The molecule has 0 bridgehead atoms. The van der Waals surface area contributed by atoms with Crippen molar-refractivity contribution in [2.75, 3.05) is 13.2 Å². The summed E-state index contributed by atoms with van der Waals surface area (Å²) in [4.78, 5) is 24.1. The van der Waals surface area contributed by atoms with Crippen LogP contribution < -0.4 is 0 Å². The van der Waals surface area contributed by atoms with Crippen molar-refractivity contribution in [3.63, 3.8) is 0 Å². The van der Waals surface area contributed by atoms with Crippen molar-refractivity contribution in [2.45, 2.75) is 85.0 Å². The molecule has 1 heterocycles. The lowest BCUT2D eigenvalue weighted by Crippen LogP contribution is -2.13. The van der Waals surface area contributed by atoms with E-state index in [-0.39, 0.29) is 11.5 Å². The molecule has 154 valence electrons. The van der Waals surface area contributed by atoms with Gasteiger partial charge in [0.15, 0.2) is 0 Å². The molecule has 27 heavy (non-hydrogen) atoms. The molecule has 1 unspecified atom stereocenters. The molecule has 1 atom stereocenters. The molecular weight excluding hydrogens is 344 g/mol. The zero-order chi connectivity index (χ0) is 19.9. The van der Waals surface area contributed by atoms with E-state index in [4.69, 9.17) is 13.9 Å². The molecule has 0 saturated carbocycles. The fourth-order valence-electron chi connectivity index (χ4n) is 2.84. The molecular formula is C22H36O5. The molecule has 0 aliphatic heterocycles. The molecule has 0 saturated heterocycles. The van der Waals surface area contributed by atoms with Crippen LogP contribution in [0.4, 0.5) is 0 Å². The number of ether oxygens (including phenoxy) is 2. The molecule has 0 fully saturated rings. The summed E-state index contributed by atoms with van der Waals surface area (Å²) in [5.74, 6) is -0.597. The van der Waals surface area contributed by atoms with Crippen molar-refractivity contribution >= 4 is 11.9 Å². The second kappa shape index (κ2) is 14.3. The fraction of sp³-hybridized carbons (Fsp3) is 0.727. The van der Waals surface area contributed by atoms with E-state index in [1.807, 2.05) is 0 Å². The molecule has 1 aromatic heterocycles. The van der Waals surface area contributed by atoms with Gasteiger partial charge in [0.1, 0.15) is 0 Å². The predicted molar refractivity (Wildman–Crippen MR) is 106 cm³/mol. The number of hydrogen-bond donors (Lipinski definition) is 0. The number of hydrogen-bond acceptors (Lipinski definition) is 5. The van der Waals surface area contributed by atoms with Crippen LogP contribution in [-0.2, 0) is 9.47 Å². The van der Waals surface area contributed by atoms with E-state index in [0.717, 1.165) is 38.5 Å². The Morgan fingerprint density at radius 3 is 2.07 bits per heavy atom. The minimum Gasteiger partial charge on any atom is -0.460 e. The minimum absolute atomic E-state index is 0.0472. The van der Waals surface area contributed by atoms with Crippen molar-refractivity contribution in [2.24, 2.45) is 5.92 Å². The Labute approximate surface area is 163 Å². The van der Waals surface area contributed by atoms with Gasteiger partial charge in [0.2, 0.25) is 11.5 Å². The molecule has 0 N–H and O–H groups in total. The second-order valence-corrected chi connectivity index (χ2v) is 7.08. The normalized spacial score (nSPS) is 12.0. The Bertz CT molecular complexity index is 535. The average molecular weight is 381 g/mol. The number of esters is 2. The molecule has 0 radical (unpaired) electrons. The summed E-state index contributed by atoms with van der Waals surface area (Å²) in [6.45, 7) is 7.19. The highest BCUT2D eigenvalue weighted by molar-refractivity contribution is 5.90. The summed E-state index contributed by atoms with van der Waals surface area (Å²) in [6.07, 6.45) is 11.1. The summed E-state index contributed by atoms with van der Waals surface area (Å²) in [7, 11) is 0. The zero-order valence-corrected chi connectivity index (χ0v) is 17.3. The molecule has 5 heteroatoms. The number of rotatable bonds is 15. The number of carbonyl (C=O) groups is 2. The first-order valence-electron chi connectivity index (χ1n) is 10.6. The van der Waals surface area contributed by atoms with E-state index < -0.39 is 11.9 Å². The number of unbranched alkanes of at least 4 members (excludes halogenated alkanes) is 6. The standard InChI is InChI=1S/C22H36O5/c1-4-7-9-10-11-12-16-25-21(23)19-14-15-20(27-19)22(24)26-17-18(6-3)13-8-5-2/h14-15,18H,4-13,16-17H2,1-3H3. The lowest BCUT2D eigenvalue weighted by Gasteiger charge is -2.13. The van der Waals surface area contributed by atoms with Crippen molar-refractivity contribution in [3.05, 3.63) is 23.7 Å². The molecule has 1 rings (SSSR count). The van der Waals surface area contributed by atoms with Crippen molar-refractivity contribution in [1.82, 2.24) is 0 Å². The van der Waals surface area contributed by atoms with Crippen molar-refractivity contribution in [3.8, 4) is 0 Å². The Balaban J connectivity index is 2.32. The highest BCUT2D eigenvalue weighted by Gasteiger charge is 2.19. The van der Waals surface area contributed by atoms with E-state index in [1.54, 1.807) is 0 Å². The van der Waals surface area contributed by atoms with Gasteiger partial charge in [-0.1, -0.05) is 72.1 Å². The average Bonchev–Trinajstić information content (AvgIpc) is 3.17. The van der Waals surface area contributed by atoms with Gasteiger partial charge in [-0.2, -0.15) is 0 Å². The highest BCUT2D eigenvalue weighted by Crippen LogP contribution is 2.16. The summed E-state index contributed by atoms with van der Waals surface area (Å²) in [5.41, 5.74) is 0. The zero-order valence-electron chi connectivity index (χ0n) is 17.3. The number of furan rings is 1. The molecule has 0 spiro atoms. The third-order valence-electron chi connectivity index (χ3n) is 4.73. The van der Waals surface area contributed by atoms with Gasteiger partial charge in [0.05, 0.1) is 13.2 Å². The van der Waals surface area contributed by atoms with Crippen LogP contribution in [0.15, 0.2) is 16.5 Å². The van der Waals surface area contributed by atoms with Crippen LogP contribution in [0.2, 0.25) is 0 Å². The van der Waals surface area contributed by atoms with E-state index in [2.05, 4.69) is 20.8 Å². The first-order chi connectivity index (χ1) is 13.1.